The molecule has 3 aliphatic rings. The smallest absolute Gasteiger partial charge is 0.417 e. The van der Waals surface area contributed by atoms with Crippen LogP contribution in [0.2, 0.25) is 0 Å². The zero-order valence-electron chi connectivity index (χ0n) is 25.4. The van der Waals surface area contributed by atoms with E-state index in [0.717, 1.165) is 30.0 Å². The largest absolute Gasteiger partial charge is 0.444 e. The van der Waals surface area contributed by atoms with Gasteiger partial charge in [-0.2, -0.15) is 18.2 Å². The van der Waals surface area contributed by atoms with E-state index in [1.807, 2.05) is 0 Å². The molecule has 4 heterocycles. The highest BCUT2D eigenvalue weighted by Gasteiger charge is 2.45. The molecule has 0 bridgehead atoms. The first kappa shape index (κ1) is 31.6. The maximum Gasteiger partial charge on any atom is 0.417 e. The van der Waals surface area contributed by atoms with E-state index in [2.05, 4.69) is 4.98 Å². The van der Waals surface area contributed by atoms with Crippen molar-refractivity contribution >= 4 is 34.6 Å². The van der Waals surface area contributed by atoms with Gasteiger partial charge in [0.05, 0.1) is 36.4 Å². The highest BCUT2D eigenvalue weighted by molar-refractivity contribution is 7.99. The average Bonchev–Trinajstić information content (AvgIpc) is 3.08. The molecule has 242 valence electrons. The van der Waals surface area contributed by atoms with Gasteiger partial charge < -0.3 is 14.4 Å². The van der Waals surface area contributed by atoms with E-state index in [1.54, 1.807) is 44.4 Å². The summed E-state index contributed by atoms with van der Waals surface area (Å²) in [6, 6.07) is 2.51. The Morgan fingerprint density at radius 2 is 1.76 bits per heavy atom. The molecule has 2 atom stereocenters. The molecule has 0 unspecified atom stereocenters. The Morgan fingerprint density at radius 1 is 1.09 bits per heavy atom. The number of hydrogen-bond donors (Lipinski definition) is 0. The van der Waals surface area contributed by atoms with Gasteiger partial charge in [0.1, 0.15) is 23.1 Å². The third-order valence-electron chi connectivity index (χ3n) is 8.36. The second-order valence-corrected chi connectivity index (χ2v) is 14.2. The van der Waals surface area contributed by atoms with Crippen LogP contribution in [0.5, 0.6) is 0 Å². The lowest BCUT2D eigenvalue weighted by Crippen LogP contribution is -2.60. The number of carbonyl (C=O) groups excluding carboxylic acids is 1. The fourth-order valence-corrected chi connectivity index (χ4v) is 7.88. The first-order chi connectivity index (χ1) is 21.0. The molecule has 1 spiro atoms. The molecule has 45 heavy (non-hydrogen) atoms. The van der Waals surface area contributed by atoms with E-state index in [1.165, 1.54) is 4.57 Å². The lowest BCUT2D eigenvalue weighted by atomic mass is 9.88. The zero-order chi connectivity index (χ0) is 32.6. The first-order valence-corrected chi connectivity index (χ1v) is 15.6. The molecule has 8 nitrogen and oxygen atoms in total. The van der Waals surface area contributed by atoms with E-state index < -0.39 is 69.4 Å². The topological polar surface area (TPSA) is 76.9 Å². The van der Waals surface area contributed by atoms with Crippen molar-refractivity contribution in [1.29, 1.82) is 0 Å². The molecule has 14 heteroatoms. The van der Waals surface area contributed by atoms with Gasteiger partial charge in [0.25, 0.3) is 0 Å². The maximum absolute atomic E-state index is 15.2. The molecular formula is C31H33F5N4O4S. The summed E-state index contributed by atoms with van der Waals surface area (Å²) in [7, 11) is 0. The fraction of sp³-hybridized carbons (Fsp3) is 0.516. The fourth-order valence-electron chi connectivity index (χ4n) is 6.45. The number of alkyl halides is 3. The van der Waals surface area contributed by atoms with E-state index in [0.29, 0.717) is 25.0 Å². The predicted octanol–water partition coefficient (Wildman–Crippen LogP) is 6.32. The zero-order valence-corrected chi connectivity index (χ0v) is 26.2. The van der Waals surface area contributed by atoms with E-state index >= 15 is 4.39 Å². The van der Waals surface area contributed by atoms with Crippen LogP contribution >= 0.6 is 11.8 Å². The van der Waals surface area contributed by atoms with Crippen molar-refractivity contribution in [2.75, 3.05) is 37.0 Å². The summed E-state index contributed by atoms with van der Waals surface area (Å²) < 4.78 is 86.2. The normalized spacial score (nSPS) is 21.6. The molecule has 0 saturated carbocycles. The minimum atomic E-state index is -4.93. The summed E-state index contributed by atoms with van der Waals surface area (Å²) in [6.45, 7) is 9.97. The maximum atomic E-state index is 15.2. The van der Waals surface area contributed by atoms with Crippen LogP contribution in [0.15, 0.2) is 34.0 Å². The van der Waals surface area contributed by atoms with Gasteiger partial charge in [0, 0.05) is 58.3 Å². The van der Waals surface area contributed by atoms with Crippen LogP contribution in [0.1, 0.15) is 40.2 Å². The van der Waals surface area contributed by atoms with Gasteiger partial charge in [-0.05, 0) is 52.8 Å². The van der Waals surface area contributed by atoms with Crippen LogP contribution in [0.3, 0.4) is 0 Å². The van der Waals surface area contributed by atoms with Gasteiger partial charge in [-0.1, -0.05) is 0 Å². The van der Waals surface area contributed by atoms with Gasteiger partial charge >= 0.3 is 18.0 Å². The summed E-state index contributed by atoms with van der Waals surface area (Å²) in [5.74, 6) is -1.70. The van der Waals surface area contributed by atoms with Gasteiger partial charge in [0.2, 0.25) is 0 Å². The molecular weight excluding hydrogens is 619 g/mol. The Bertz CT molecular complexity index is 1740. The van der Waals surface area contributed by atoms with Crippen LogP contribution in [0, 0.1) is 17.0 Å². The van der Waals surface area contributed by atoms with Crippen molar-refractivity contribution in [3.8, 4) is 11.1 Å². The van der Waals surface area contributed by atoms with Crippen LogP contribution in [0.4, 0.5) is 32.6 Å². The Labute approximate surface area is 260 Å². The molecule has 3 aliphatic heterocycles. The monoisotopic (exact) mass is 652 g/mol. The van der Waals surface area contributed by atoms with Crippen LogP contribution < -0.4 is 10.6 Å². The van der Waals surface area contributed by atoms with Crippen molar-refractivity contribution in [3.05, 3.63) is 51.9 Å². The SMILES string of the molecule is C[C@@H]1CN(c2nc(=O)n3c4c(c(-c5ccc(F)cc5F)c(C(F)(F)F)cc24)SCC2(COC2)C3)C[C@H](C)N1C(=O)OC(C)(C)C. The van der Waals surface area contributed by atoms with Gasteiger partial charge in [-0.3, -0.25) is 9.47 Å². The third kappa shape index (κ3) is 5.64. The van der Waals surface area contributed by atoms with Gasteiger partial charge in [0.15, 0.2) is 0 Å². The predicted molar refractivity (Wildman–Crippen MR) is 160 cm³/mol. The summed E-state index contributed by atoms with van der Waals surface area (Å²) in [6.07, 6.45) is -5.45. The number of nitrogens with zero attached hydrogens (tertiary/aromatic N) is 4. The lowest BCUT2D eigenvalue weighted by molar-refractivity contribution is -0.137. The molecule has 1 aromatic heterocycles. The third-order valence-corrected chi connectivity index (χ3v) is 9.80. The number of halogens is 5. The summed E-state index contributed by atoms with van der Waals surface area (Å²) >= 11 is 1.11. The number of hydrogen-bond acceptors (Lipinski definition) is 7. The number of benzene rings is 2. The van der Waals surface area contributed by atoms with Crippen LogP contribution in [-0.4, -0.2) is 70.3 Å². The van der Waals surface area contributed by atoms with E-state index in [-0.39, 0.29) is 41.3 Å². The molecule has 3 aromatic rings. The number of ether oxygens (including phenoxy) is 2. The molecule has 2 fully saturated rings. The minimum Gasteiger partial charge on any atom is -0.444 e. The standard InChI is InChI=1S/C31H33F5N4O4S/c1-16-10-38(11-17(2)40(16)28(42)44-29(3,4)5)26-20-9-21(31(34,35)36)23(19-7-6-18(32)8-22(19)33)25-24(20)39(27(41)37-26)12-30(15-45-25)13-43-14-30/h6-9,16-17H,10-15H2,1-5H3/t16-,17+. The number of rotatable bonds is 2. The Morgan fingerprint density at radius 3 is 2.31 bits per heavy atom. The number of thioether (sulfide) groups is 1. The summed E-state index contributed by atoms with van der Waals surface area (Å²) in [4.78, 5) is 34.5. The number of amides is 1. The number of anilines is 1. The van der Waals surface area contributed by atoms with E-state index in [9.17, 15) is 27.2 Å². The second-order valence-electron chi connectivity index (χ2n) is 13.2. The quantitative estimate of drug-likeness (QED) is 0.300. The van der Waals surface area contributed by atoms with Crippen molar-refractivity contribution in [3.63, 3.8) is 0 Å². The van der Waals surface area contributed by atoms with Gasteiger partial charge in [-0.15, -0.1) is 11.8 Å². The number of piperazine rings is 1. The Kier molecular flexibility index (Phi) is 7.62. The van der Waals surface area contributed by atoms with Crippen LogP contribution in [-0.2, 0) is 22.2 Å². The molecule has 2 aromatic carbocycles. The molecule has 2 saturated heterocycles. The van der Waals surface area contributed by atoms with Crippen molar-refractivity contribution in [2.45, 2.75) is 69.9 Å². The Hall–Kier alpha value is -3.39. The molecule has 6 rings (SSSR count). The van der Waals surface area contributed by atoms with Crippen molar-refractivity contribution in [1.82, 2.24) is 14.5 Å². The minimum absolute atomic E-state index is 0.0491. The lowest BCUT2D eigenvalue weighted by Gasteiger charge is -2.45. The Balaban J connectivity index is 1.57. The molecule has 1 amide bonds. The second kappa shape index (κ2) is 10.9. The molecule has 0 aliphatic carbocycles. The highest BCUT2D eigenvalue weighted by atomic mass is 32.2. The summed E-state index contributed by atoms with van der Waals surface area (Å²) in [5, 5.41) is 0.0816. The van der Waals surface area contributed by atoms with Crippen LogP contribution in [0.25, 0.3) is 22.0 Å². The first-order valence-electron chi connectivity index (χ1n) is 14.6. The van der Waals surface area contributed by atoms with Crippen molar-refractivity contribution < 1.29 is 36.2 Å². The number of aromatic nitrogens is 2. The molecule has 0 radical (unpaired) electrons. The highest BCUT2D eigenvalue weighted by Crippen LogP contribution is 2.51. The van der Waals surface area contributed by atoms with E-state index in [4.69, 9.17) is 9.47 Å². The summed E-state index contributed by atoms with van der Waals surface area (Å²) in [5.41, 5.74) is -3.69. The van der Waals surface area contributed by atoms with Crippen molar-refractivity contribution in [2.24, 2.45) is 5.41 Å². The molecule has 0 N–H and O–H groups in total. The average molecular weight is 653 g/mol. The number of carbonyl (C=O) groups is 1. The van der Waals surface area contributed by atoms with Gasteiger partial charge in [-0.25, -0.2) is 18.4 Å².